The smallest absolute Gasteiger partial charge is 0.200 e. The molecular formula is C11H10F2N2O2. The lowest BCUT2D eigenvalue weighted by Gasteiger charge is -2.01. The number of benzene rings is 1. The molecule has 0 radical (unpaired) electrons. The predicted octanol–water partition coefficient (Wildman–Crippen LogP) is 1.19. The van der Waals surface area contributed by atoms with Crippen molar-refractivity contribution in [3.8, 4) is 0 Å². The quantitative estimate of drug-likeness (QED) is 0.792. The molecule has 2 aromatic rings. The van der Waals surface area contributed by atoms with Gasteiger partial charge in [0.15, 0.2) is 11.5 Å². The Morgan fingerprint density at radius 1 is 1.18 bits per heavy atom. The molecule has 0 saturated heterocycles. The second kappa shape index (κ2) is 4.60. The zero-order valence-electron chi connectivity index (χ0n) is 8.72. The number of aliphatic hydroxyl groups is 2. The SMILES string of the molecule is OC(O)c1nn(Cc2ccc(F)cc2)cc1F. The van der Waals surface area contributed by atoms with Crippen LogP contribution in [0.25, 0.3) is 0 Å². The van der Waals surface area contributed by atoms with Crippen molar-refractivity contribution >= 4 is 0 Å². The summed E-state index contributed by atoms with van der Waals surface area (Å²) in [5.74, 6) is -1.14. The Balaban J connectivity index is 2.19. The van der Waals surface area contributed by atoms with Crippen molar-refractivity contribution in [1.29, 1.82) is 0 Å². The van der Waals surface area contributed by atoms with E-state index < -0.39 is 17.8 Å². The molecule has 0 aliphatic heterocycles. The van der Waals surface area contributed by atoms with Gasteiger partial charge in [-0.3, -0.25) is 4.68 Å². The summed E-state index contributed by atoms with van der Waals surface area (Å²) in [6.07, 6.45) is -0.887. The summed E-state index contributed by atoms with van der Waals surface area (Å²) < 4.78 is 27.0. The number of nitrogens with zero attached hydrogens (tertiary/aromatic N) is 2. The maximum atomic E-state index is 13.2. The lowest BCUT2D eigenvalue weighted by atomic mass is 10.2. The lowest BCUT2D eigenvalue weighted by Crippen LogP contribution is -2.03. The Kier molecular flexibility index (Phi) is 3.16. The van der Waals surface area contributed by atoms with Gasteiger partial charge in [-0.2, -0.15) is 5.10 Å². The van der Waals surface area contributed by atoms with Crippen molar-refractivity contribution in [3.05, 3.63) is 53.4 Å². The van der Waals surface area contributed by atoms with Gasteiger partial charge in [0, 0.05) is 0 Å². The van der Waals surface area contributed by atoms with Crippen molar-refractivity contribution in [2.75, 3.05) is 0 Å². The van der Waals surface area contributed by atoms with Gasteiger partial charge in [0.25, 0.3) is 0 Å². The summed E-state index contributed by atoms with van der Waals surface area (Å²) in [4.78, 5) is 0. The van der Waals surface area contributed by atoms with Crippen LogP contribution in [-0.4, -0.2) is 20.0 Å². The van der Waals surface area contributed by atoms with E-state index in [0.717, 1.165) is 11.8 Å². The Labute approximate surface area is 95.7 Å². The summed E-state index contributed by atoms with van der Waals surface area (Å²) in [7, 11) is 0. The van der Waals surface area contributed by atoms with E-state index in [1.54, 1.807) is 12.1 Å². The van der Waals surface area contributed by atoms with E-state index >= 15 is 0 Å². The Hall–Kier alpha value is -1.79. The fourth-order valence-electron chi connectivity index (χ4n) is 1.44. The van der Waals surface area contributed by atoms with Gasteiger partial charge >= 0.3 is 0 Å². The molecule has 0 aliphatic carbocycles. The maximum Gasteiger partial charge on any atom is 0.200 e. The minimum absolute atomic E-state index is 0.226. The van der Waals surface area contributed by atoms with Crippen LogP contribution in [0.2, 0.25) is 0 Å². The molecule has 90 valence electrons. The molecule has 0 aliphatic rings. The van der Waals surface area contributed by atoms with E-state index in [0.29, 0.717) is 0 Å². The number of halogens is 2. The third kappa shape index (κ3) is 2.66. The largest absolute Gasteiger partial charge is 0.363 e. The first-order chi connectivity index (χ1) is 8.06. The van der Waals surface area contributed by atoms with E-state index in [9.17, 15) is 8.78 Å². The first-order valence-corrected chi connectivity index (χ1v) is 4.89. The first-order valence-electron chi connectivity index (χ1n) is 4.89. The fourth-order valence-corrected chi connectivity index (χ4v) is 1.44. The zero-order chi connectivity index (χ0) is 12.4. The predicted molar refractivity (Wildman–Crippen MR) is 54.9 cm³/mol. The average Bonchev–Trinajstić information content (AvgIpc) is 2.63. The highest BCUT2D eigenvalue weighted by molar-refractivity contribution is 5.16. The Morgan fingerprint density at radius 2 is 1.82 bits per heavy atom. The van der Waals surface area contributed by atoms with Crippen molar-refractivity contribution in [1.82, 2.24) is 9.78 Å². The van der Waals surface area contributed by atoms with Gasteiger partial charge in [-0.15, -0.1) is 0 Å². The highest BCUT2D eigenvalue weighted by Gasteiger charge is 2.14. The molecule has 0 saturated carbocycles. The third-order valence-corrected chi connectivity index (χ3v) is 2.25. The molecule has 2 N–H and O–H groups in total. The molecule has 1 aromatic carbocycles. The van der Waals surface area contributed by atoms with Crippen LogP contribution in [-0.2, 0) is 6.54 Å². The number of aliphatic hydroxyl groups excluding tert-OH is 1. The fraction of sp³-hybridized carbons (Fsp3) is 0.182. The summed E-state index contributed by atoms with van der Waals surface area (Å²) in [5.41, 5.74) is 0.306. The molecular weight excluding hydrogens is 230 g/mol. The molecule has 1 heterocycles. The summed E-state index contributed by atoms with van der Waals surface area (Å²) in [6, 6.07) is 5.67. The monoisotopic (exact) mass is 240 g/mol. The molecule has 0 bridgehead atoms. The van der Waals surface area contributed by atoms with Crippen LogP contribution in [0.3, 0.4) is 0 Å². The van der Waals surface area contributed by atoms with Gasteiger partial charge in [-0.05, 0) is 17.7 Å². The lowest BCUT2D eigenvalue weighted by molar-refractivity contribution is -0.0485. The van der Waals surface area contributed by atoms with Crippen LogP contribution in [0.5, 0.6) is 0 Å². The number of hydrogen-bond acceptors (Lipinski definition) is 3. The minimum Gasteiger partial charge on any atom is -0.363 e. The van der Waals surface area contributed by atoms with Gasteiger partial charge in [-0.1, -0.05) is 12.1 Å². The van der Waals surface area contributed by atoms with Crippen LogP contribution < -0.4 is 0 Å². The van der Waals surface area contributed by atoms with E-state index in [-0.39, 0.29) is 12.4 Å². The Morgan fingerprint density at radius 3 is 2.35 bits per heavy atom. The molecule has 0 atom stereocenters. The van der Waals surface area contributed by atoms with Crippen molar-refractivity contribution < 1.29 is 19.0 Å². The molecule has 4 nitrogen and oxygen atoms in total. The van der Waals surface area contributed by atoms with Gasteiger partial charge in [0.2, 0.25) is 6.29 Å². The molecule has 0 unspecified atom stereocenters. The standard InChI is InChI=1S/C11H10F2N2O2/c12-8-3-1-7(2-4-8)5-15-6-9(13)10(14-15)11(16)17/h1-4,6,11,16-17H,5H2. The number of hydrogen-bond donors (Lipinski definition) is 2. The molecule has 1 aromatic heterocycles. The van der Waals surface area contributed by atoms with Gasteiger partial charge in [0.05, 0.1) is 12.7 Å². The van der Waals surface area contributed by atoms with Crippen LogP contribution in [0.15, 0.2) is 30.5 Å². The molecule has 0 amide bonds. The second-order valence-corrected chi connectivity index (χ2v) is 3.56. The zero-order valence-corrected chi connectivity index (χ0v) is 8.72. The second-order valence-electron chi connectivity index (χ2n) is 3.56. The van der Waals surface area contributed by atoms with Crippen LogP contribution in [0.1, 0.15) is 17.5 Å². The highest BCUT2D eigenvalue weighted by atomic mass is 19.1. The summed E-state index contributed by atoms with van der Waals surface area (Å²) in [6.45, 7) is 0.226. The molecule has 6 heteroatoms. The van der Waals surface area contributed by atoms with Gasteiger partial charge < -0.3 is 10.2 Å². The molecule has 2 rings (SSSR count). The topological polar surface area (TPSA) is 58.3 Å². The normalized spacial score (nSPS) is 11.1. The average molecular weight is 240 g/mol. The number of rotatable bonds is 3. The van der Waals surface area contributed by atoms with Crippen LogP contribution >= 0.6 is 0 Å². The maximum absolute atomic E-state index is 13.2. The molecule has 17 heavy (non-hydrogen) atoms. The Bertz CT molecular complexity index is 509. The van der Waals surface area contributed by atoms with Crippen molar-refractivity contribution in [2.24, 2.45) is 0 Å². The molecule has 0 spiro atoms. The van der Waals surface area contributed by atoms with E-state index in [4.69, 9.17) is 10.2 Å². The van der Waals surface area contributed by atoms with Gasteiger partial charge in [-0.25, -0.2) is 8.78 Å². The van der Waals surface area contributed by atoms with E-state index in [2.05, 4.69) is 5.10 Å². The minimum atomic E-state index is -1.94. The highest BCUT2D eigenvalue weighted by Crippen LogP contribution is 2.13. The van der Waals surface area contributed by atoms with Crippen molar-refractivity contribution in [3.63, 3.8) is 0 Å². The van der Waals surface area contributed by atoms with E-state index in [1.165, 1.54) is 16.8 Å². The summed E-state index contributed by atoms with van der Waals surface area (Å²) >= 11 is 0. The van der Waals surface area contributed by atoms with Crippen LogP contribution in [0, 0.1) is 11.6 Å². The van der Waals surface area contributed by atoms with Gasteiger partial charge in [0.1, 0.15) is 5.82 Å². The van der Waals surface area contributed by atoms with E-state index in [1.807, 2.05) is 0 Å². The van der Waals surface area contributed by atoms with Crippen LogP contribution in [0.4, 0.5) is 8.78 Å². The summed E-state index contributed by atoms with van der Waals surface area (Å²) in [5, 5.41) is 21.3. The van der Waals surface area contributed by atoms with Crippen molar-refractivity contribution in [2.45, 2.75) is 12.8 Å². The first kappa shape index (κ1) is 11.7. The number of aromatic nitrogens is 2. The third-order valence-electron chi connectivity index (χ3n) is 2.25. The molecule has 0 fully saturated rings.